The number of rotatable bonds is 8. The molecule has 0 radical (unpaired) electrons. The van der Waals surface area contributed by atoms with Gasteiger partial charge >= 0.3 is 6.09 Å². The molecule has 0 spiro atoms. The predicted molar refractivity (Wildman–Crippen MR) is 122 cm³/mol. The van der Waals surface area contributed by atoms with Crippen molar-refractivity contribution in [2.45, 2.75) is 38.2 Å². The number of alkyl carbamates (subject to hydrolysis) is 1. The van der Waals surface area contributed by atoms with Gasteiger partial charge in [0.05, 0.1) is 19.8 Å². The summed E-state index contributed by atoms with van der Waals surface area (Å²) in [7, 11) is 2.90. The molecule has 3 rings (SSSR count). The smallest absolute Gasteiger partial charge is 0.406 e. The van der Waals surface area contributed by atoms with E-state index in [0.29, 0.717) is 48.4 Å². The number of amides is 1. The van der Waals surface area contributed by atoms with Gasteiger partial charge in [0.15, 0.2) is 0 Å². The Morgan fingerprint density at radius 3 is 2.81 bits per heavy atom. The van der Waals surface area contributed by atoms with Gasteiger partial charge in [-0.1, -0.05) is 18.2 Å². The number of carbonyl (C=O) groups is 1. The van der Waals surface area contributed by atoms with E-state index in [9.17, 15) is 9.90 Å². The van der Waals surface area contributed by atoms with Crippen LogP contribution in [0.25, 0.3) is 11.1 Å². The van der Waals surface area contributed by atoms with E-state index < -0.39 is 11.7 Å². The Bertz CT molecular complexity index is 930. The normalized spacial score (nSPS) is 18.0. The van der Waals surface area contributed by atoms with Gasteiger partial charge in [0, 0.05) is 24.6 Å². The van der Waals surface area contributed by atoms with Crippen LogP contribution in [-0.4, -0.2) is 45.1 Å². The molecule has 2 aromatic rings. The summed E-state index contributed by atoms with van der Waals surface area (Å²) in [6, 6.07) is 10.5. The molecule has 2 atom stereocenters. The lowest BCUT2D eigenvalue weighted by atomic mass is 9.72. The average molecular weight is 445 g/mol. The lowest BCUT2D eigenvalue weighted by Gasteiger charge is -2.40. The Morgan fingerprint density at radius 2 is 2.12 bits per heavy atom. The fraction of sp³-hybridized carbons (Fsp3) is 0.480. The summed E-state index contributed by atoms with van der Waals surface area (Å²) in [6.07, 6.45) is 2.17. The van der Waals surface area contributed by atoms with E-state index in [1.807, 2.05) is 25.1 Å². The highest BCUT2D eigenvalue weighted by atomic mass is 19.1. The molecule has 1 aliphatic rings. The number of aliphatic hydroxyl groups is 1. The Kier molecular flexibility index (Phi) is 8.10. The highest BCUT2D eigenvalue weighted by molar-refractivity contribution is 5.71. The minimum absolute atomic E-state index is 0.0818. The molecule has 0 unspecified atom stereocenters. The summed E-state index contributed by atoms with van der Waals surface area (Å²) in [6.45, 7) is 3.84. The Morgan fingerprint density at radius 1 is 1.31 bits per heavy atom. The lowest BCUT2D eigenvalue weighted by Crippen LogP contribution is -2.45. The van der Waals surface area contributed by atoms with Crippen molar-refractivity contribution in [3.63, 3.8) is 0 Å². The monoisotopic (exact) mass is 444 g/mol. The predicted octanol–water partition coefficient (Wildman–Crippen LogP) is 4.13. The Hall–Kier alpha value is -2.64. The van der Waals surface area contributed by atoms with Gasteiger partial charge in [-0.25, -0.2) is 9.18 Å². The zero-order chi connectivity index (χ0) is 23.1. The fourth-order valence-corrected chi connectivity index (χ4v) is 4.63. The number of benzene rings is 2. The van der Waals surface area contributed by atoms with Gasteiger partial charge in [-0.2, -0.15) is 0 Å². The number of methoxy groups -OCH3 is 2. The van der Waals surface area contributed by atoms with Crippen LogP contribution < -0.4 is 15.4 Å². The van der Waals surface area contributed by atoms with E-state index >= 15 is 4.39 Å². The van der Waals surface area contributed by atoms with Crippen LogP contribution in [0, 0.1) is 18.7 Å². The first-order chi connectivity index (χ1) is 15.4. The van der Waals surface area contributed by atoms with Crippen molar-refractivity contribution in [2.24, 2.45) is 5.92 Å². The number of carbonyl (C=O) groups excluding carboxylic acids is 1. The average Bonchev–Trinajstić information content (AvgIpc) is 2.81. The number of aryl methyl sites for hydroxylation is 1. The van der Waals surface area contributed by atoms with Crippen LogP contribution in [0.15, 0.2) is 36.4 Å². The first-order valence-corrected chi connectivity index (χ1v) is 11.1. The molecule has 3 N–H and O–H groups in total. The van der Waals surface area contributed by atoms with Gasteiger partial charge in [-0.15, -0.1) is 0 Å². The Labute approximate surface area is 189 Å². The maximum absolute atomic E-state index is 15.3. The van der Waals surface area contributed by atoms with Crippen molar-refractivity contribution < 1.29 is 23.8 Å². The molecular formula is C25H33FN2O4. The number of halogens is 1. The standard InChI is InChI=1S/C25H33FN2O4/c1-17-13-18(15-20(14-17)31-2)23-21(8-4-9-22(23)26)25(30,19-7-5-11-27-16-19)10-6-12-28-24(29)32-3/h4,8-9,13-15,19,27,30H,5-7,10-12,16H2,1-3H3,(H,28,29)/t19-,25+/m1/s1. The lowest BCUT2D eigenvalue weighted by molar-refractivity contribution is -0.0417. The third kappa shape index (κ3) is 5.40. The summed E-state index contributed by atoms with van der Waals surface area (Å²) < 4.78 is 25.3. The number of piperidine rings is 1. The molecule has 32 heavy (non-hydrogen) atoms. The second-order valence-corrected chi connectivity index (χ2v) is 8.39. The summed E-state index contributed by atoms with van der Waals surface area (Å²) >= 11 is 0. The SMILES string of the molecule is COC(=O)NCCC[C@@](O)(c1cccc(F)c1-c1cc(C)cc(OC)c1)[C@@H]1CCCNC1. The number of nitrogens with one attached hydrogen (secondary N) is 2. The van der Waals surface area contributed by atoms with Crippen LogP contribution in [0.1, 0.15) is 36.8 Å². The zero-order valence-corrected chi connectivity index (χ0v) is 19.0. The molecule has 0 bridgehead atoms. The van der Waals surface area contributed by atoms with Crippen LogP contribution >= 0.6 is 0 Å². The highest BCUT2D eigenvalue weighted by Gasteiger charge is 2.40. The minimum atomic E-state index is -1.26. The molecule has 1 fully saturated rings. The van der Waals surface area contributed by atoms with Gasteiger partial charge in [0.25, 0.3) is 0 Å². The van der Waals surface area contributed by atoms with E-state index in [1.54, 1.807) is 19.2 Å². The second-order valence-electron chi connectivity index (χ2n) is 8.39. The molecule has 1 amide bonds. The molecule has 1 aliphatic heterocycles. The molecular weight excluding hydrogens is 411 g/mol. The molecule has 174 valence electrons. The van der Waals surface area contributed by atoms with Crippen molar-refractivity contribution in [1.82, 2.24) is 10.6 Å². The molecule has 1 heterocycles. The van der Waals surface area contributed by atoms with Crippen LogP contribution in [0.2, 0.25) is 0 Å². The first kappa shape index (κ1) is 24.0. The first-order valence-electron chi connectivity index (χ1n) is 11.1. The fourth-order valence-electron chi connectivity index (χ4n) is 4.63. The van der Waals surface area contributed by atoms with Crippen molar-refractivity contribution in [3.05, 3.63) is 53.3 Å². The minimum Gasteiger partial charge on any atom is -0.497 e. The molecule has 6 nitrogen and oxygen atoms in total. The number of ether oxygens (including phenoxy) is 2. The van der Waals surface area contributed by atoms with Crippen LogP contribution in [0.5, 0.6) is 5.75 Å². The third-order valence-electron chi connectivity index (χ3n) is 6.22. The van der Waals surface area contributed by atoms with Crippen LogP contribution in [0.4, 0.5) is 9.18 Å². The summed E-state index contributed by atoms with van der Waals surface area (Å²) in [5, 5.41) is 18.1. The summed E-state index contributed by atoms with van der Waals surface area (Å²) in [5.74, 6) is 0.172. The van der Waals surface area contributed by atoms with Crippen molar-refractivity contribution >= 4 is 6.09 Å². The van der Waals surface area contributed by atoms with Crippen molar-refractivity contribution in [1.29, 1.82) is 0 Å². The Balaban J connectivity index is 2.03. The maximum Gasteiger partial charge on any atom is 0.406 e. The quantitative estimate of drug-likeness (QED) is 0.534. The third-order valence-corrected chi connectivity index (χ3v) is 6.22. The number of hydrogen-bond acceptors (Lipinski definition) is 5. The van der Waals surface area contributed by atoms with Gasteiger partial charge in [-0.3, -0.25) is 0 Å². The van der Waals surface area contributed by atoms with E-state index in [-0.39, 0.29) is 11.7 Å². The van der Waals surface area contributed by atoms with Gasteiger partial charge in [-0.05, 0) is 74.0 Å². The molecule has 2 aromatic carbocycles. The van der Waals surface area contributed by atoms with Crippen LogP contribution in [0.3, 0.4) is 0 Å². The summed E-state index contributed by atoms with van der Waals surface area (Å²) in [4.78, 5) is 11.4. The van der Waals surface area contributed by atoms with Crippen LogP contribution in [-0.2, 0) is 10.3 Å². The number of hydrogen-bond donors (Lipinski definition) is 3. The van der Waals surface area contributed by atoms with Crippen molar-refractivity contribution in [2.75, 3.05) is 33.9 Å². The van der Waals surface area contributed by atoms with E-state index in [1.165, 1.54) is 13.2 Å². The molecule has 1 saturated heterocycles. The van der Waals surface area contributed by atoms with E-state index in [4.69, 9.17) is 4.74 Å². The molecule has 0 aromatic heterocycles. The second kappa shape index (κ2) is 10.8. The zero-order valence-electron chi connectivity index (χ0n) is 19.0. The summed E-state index contributed by atoms with van der Waals surface area (Å²) in [5.41, 5.74) is 1.31. The molecule has 7 heteroatoms. The maximum atomic E-state index is 15.3. The van der Waals surface area contributed by atoms with Gasteiger partial charge < -0.3 is 25.2 Å². The largest absolute Gasteiger partial charge is 0.497 e. The van der Waals surface area contributed by atoms with E-state index in [2.05, 4.69) is 15.4 Å². The highest BCUT2D eigenvalue weighted by Crippen LogP contribution is 2.44. The van der Waals surface area contributed by atoms with Gasteiger partial charge in [0.2, 0.25) is 0 Å². The van der Waals surface area contributed by atoms with Crippen molar-refractivity contribution in [3.8, 4) is 16.9 Å². The molecule has 0 aliphatic carbocycles. The van der Waals surface area contributed by atoms with E-state index in [0.717, 1.165) is 24.9 Å². The molecule has 0 saturated carbocycles. The topological polar surface area (TPSA) is 79.8 Å². The van der Waals surface area contributed by atoms with Gasteiger partial charge in [0.1, 0.15) is 11.6 Å².